The third-order valence-corrected chi connectivity index (χ3v) is 5.89. The number of ether oxygens (including phenoxy) is 1. The zero-order valence-electron chi connectivity index (χ0n) is 16.0. The first kappa shape index (κ1) is 18.7. The number of rotatable bonds is 6. The summed E-state index contributed by atoms with van der Waals surface area (Å²) < 4.78 is 5.75. The van der Waals surface area contributed by atoms with Gasteiger partial charge in [0.05, 0.1) is 11.3 Å². The van der Waals surface area contributed by atoms with Crippen molar-refractivity contribution < 1.29 is 9.53 Å². The molecular formula is C22H19N5O2S. The van der Waals surface area contributed by atoms with Gasteiger partial charge in [-0.2, -0.15) is 0 Å². The Morgan fingerprint density at radius 2 is 2.00 bits per heavy atom. The molecule has 0 bridgehead atoms. The van der Waals surface area contributed by atoms with E-state index in [1.165, 1.54) is 11.3 Å². The molecule has 3 N–H and O–H groups in total. The Bertz CT molecular complexity index is 1240. The summed E-state index contributed by atoms with van der Waals surface area (Å²) >= 11 is 1.45. The molecule has 30 heavy (non-hydrogen) atoms. The number of hydrogen-bond donors (Lipinski definition) is 2. The molecule has 0 spiro atoms. The van der Waals surface area contributed by atoms with Crippen molar-refractivity contribution >= 4 is 33.0 Å². The molecule has 1 aliphatic heterocycles. The number of pyridine rings is 2. The number of carbonyl (C=O) groups excluding carboxylic acids is 1. The molecule has 0 saturated carbocycles. The van der Waals surface area contributed by atoms with E-state index in [0.717, 1.165) is 40.0 Å². The van der Waals surface area contributed by atoms with Gasteiger partial charge in [-0.25, -0.2) is 9.97 Å². The lowest BCUT2D eigenvalue weighted by Crippen LogP contribution is -2.50. The molecular weight excluding hydrogens is 398 g/mol. The van der Waals surface area contributed by atoms with E-state index < -0.39 is 0 Å². The number of carbonyl (C=O) groups is 1. The van der Waals surface area contributed by atoms with Crippen molar-refractivity contribution in [1.29, 1.82) is 0 Å². The molecule has 1 fully saturated rings. The van der Waals surface area contributed by atoms with E-state index in [2.05, 4.69) is 26.3 Å². The maximum Gasteiger partial charge on any atom is 0.214 e. The fourth-order valence-corrected chi connectivity index (χ4v) is 3.97. The Hall–Kier alpha value is -3.36. The summed E-state index contributed by atoms with van der Waals surface area (Å²) in [6, 6.07) is 11.5. The number of fused-ring (bicyclic) bond motifs is 1. The topological polar surface area (TPSA) is 103 Å². The number of benzene rings is 1. The maximum atomic E-state index is 12.8. The third-order valence-electron chi connectivity index (χ3n) is 5.02. The predicted molar refractivity (Wildman–Crippen MR) is 117 cm³/mol. The van der Waals surface area contributed by atoms with Gasteiger partial charge in [0.25, 0.3) is 0 Å². The molecule has 0 radical (unpaired) electrons. The largest absolute Gasteiger partial charge is 0.472 e. The molecule has 0 atom stereocenters. The quantitative estimate of drug-likeness (QED) is 0.465. The fourth-order valence-electron chi connectivity index (χ4n) is 3.29. The third kappa shape index (κ3) is 3.87. The van der Waals surface area contributed by atoms with E-state index >= 15 is 0 Å². The van der Waals surface area contributed by atoms with Crippen molar-refractivity contribution in [2.24, 2.45) is 0 Å². The number of Topliss-reactive ketones (excluding diaryl/α,β-unsaturated/α-hetero) is 1. The molecule has 4 heterocycles. The van der Waals surface area contributed by atoms with E-state index in [-0.39, 0.29) is 18.3 Å². The van der Waals surface area contributed by atoms with Crippen molar-refractivity contribution in [3.05, 3.63) is 66.2 Å². The van der Waals surface area contributed by atoms with Crippen LogP contribution in [0.1, 0.15) is 16.1 Å². The highest BCUT2D eigenvalue weighted by molar-refractivity contribution is 7.18. The van der Waals surface area contributed by atoms with E-state index in [1.807, 2.05) is 18.2 Å². The Balaban J connectivity index is 1.36. The van der Waals surface area contributed by atoms with E-state index in [0.29, 0.717) is 16.6 Å². The highest BCUT2D eigenvalue weighted by Gasteiger charge is 2.19. The number of ketones is 1. The molecule has 5 rings (SSSR count). The van der Waals surface area contributed by atoms with Gasteiger partial charge in [-0.05, 0) is 29.1 Å². The summed E-state index contributed by atoms with van der Waals surface area (Å²) in [7, 11) is 0. The lowest BCUT2D eigenvalue weighted by molar-refractivity contribution is 0.0989. The van der Waals surface area contributed by atoms with Crippen LogP contribution in [0.2, 0.25) is 0 Å². The summed E-state index contributed by atoms with van der Waals surface area (Å²) in [5.74, 6) is 0.458. The van der Waals surface area contributed by atoms with Gasteiger partial charge in [-0.1, -0.05) is 23.5 Å². The number of aromatic nitrogens is 3. The Labute approximate surface area is 177 Å². The lowest BCUT2D eigenvalue weighted by atomic mass is 10.0. The Morgan fingerprint density at radius 3 is 2.77 bits per heavy atom. The number of nitrogens with zero attached hydrogens (tertiary/aromatic N) is 3. The molecule has 8 heteroatoms. The summed E-state index contributed by atoms with van der Waals surface area (Å²) in [4.78, 5) is 26.6. The van der Waals surface area contributed by atoms with Crippen LogP contribution in [0.4, 0.5) is 5.13 Å². The van der Waals surface area contributed by atoms with Gasteiger partial charge in [-0.15, -0.1) is 0 Å². The van der Waals surface area contributed by atoms with Gasteiger partial charge in [0.2, 0.25) is 5.88 Å². The standard InChI is InChI=1S/C22H19N5O2S/c23-22-27-12-20(30-22)14-1-2-15-9-26-17(6-16(15)5-14)8-19(28)13-3-4-25-21(7-13)29-18-10-24-11-18/h1-7,9,12,18,24H,8,10-11H2,(H2,23,27). The molecule has 7 nitrogen and oxygen atoms in total. The van der Waals surface area contributed by atoms with Crippen LogP contribution in [0.25, 0.3) is 21.2 Å². The highest BCUT2D eigenvalue weighted by Crippen LogP contribution is 2.30. The van der Waals surface area contributed by atoms with Gasteiger partial charge in [0, 0.05) is 54.4 Å². The molecule has 4 aromatic rings. The van der Waals surface area contributed by atoms with Gasteiger partial charge in [0.1, 0.15) is 6.10 Å². The Kier molecular flexibility index (Phi) is 4.86. The zero-order valence-corrected chi connectivity index (χ0v) is 16.9. The monoisotopic (exact) mass is 417 g/mol. The number of nitrogens with one attached hydrogen (secondary N) is 1. The number of hydrogen-bond acceptors (Lipinski definition) is 8. The molecule has 0 amide bonds. The van der Waals surface area contributed by atoms with Crippen LogP contribution in [0, 0.1) is 0 Å². The van der Waals surface area contributed by atoms with Gasteiger partial charge < -0.3 is 15.8 Å². The molecule has 1 aromatic carbocycles. The van der Waals surface area contributed by atoms with Crippen LogP contribution in [-0.4, -0.2) is 39.9 Å². The number of anilines is 1. The van der Waals surface area contributed by atoms with Gasteiger partial charge in [-0.3, -0.25) is 9.78 Å². The highest BCUT2D eigenvalue weighted by atomic mass is 32.1. The first-order chi connectivity index (χ1) is 14.6. The Morgan fingerprint density at radius 1 is 1.10 bits per heavy atom. The van der Waals surface area contributed by atoms with Gasteiger partial charge >= 0.3 is 0 Å². The maximum absolute atomic E-state index is 12.8. The zero-order chi connectivity index (χ0) is 20.5. The molecule has 3 aromatic heterocycles. The van der Waals surface area contributed by atoms with Crippen molar-refractivity contribution in [3.63, 3.8) is 0 Å². The molecule has 1 aliphatic rings. The molecule has 0 aliphatic carbocycles. The second-order valence-corrected chi connectivity index (χ2v) is 8.24. The predicted octanol–water partition coefficient (Wildman–Crippen LogP) is 3.11. The van der Waals surface area contributed by atoms with Crippen molar-refractivity contribution in [3.8, 4) is 16.3 Å². The second kappa shape index (κ2) is 7.81. The first-order valence-corrected chi connectivity index (χ1v) is 10.4. The smallest absolute Gasteiger partial charge is 0.214 e. The average Bonchev–Trinajstić information content (AvgIpc) is 3.17. The summed E-state index contributed by atoms with van der Waals surface area (Å²) in [5.41, 5.74) is 8.09. The first-order valence-electron chi connectivity index (χ1n) is 9.61. The van der Waals surface area contributed by atoms with Crippen LogP contribution in [-0.2, 0) is 6.42 Å². The fraction of sp³-hybridized carbons (Fsp3) is 0.182. The number of nitrogen functional groups attached to an aromatic ring is 1. The molecule has 0 unspecified atom stereocenters. The van der Waals surface area contributed by atoms with Gasteiger partial charge in [0.15, 0.2) is 10.9 Å². The minimum atomic E-state index is -0.0211. The SMILES string of the molecule is Nc1ncc(-c2ccc3cnc(CC(=O)c4ccnc(OC5CNC5)c4)cc3c2)s1. The van der Waals surface area contributed by atoms with Crippen LogP contribution < -0.4 is 15.8 Å². The minimum Gasteiger partial charge on any atom is -0.472 e. The summed E-state index contributed by atoms with van der Waals surface area (Å²) in [5, 5.41) is 5.72. The van der Waals surface area contributed by atoms with E-state index in [1.54, 1.807) is 30.7 Å². The van der Waals surface area contributed by atoms with Crippen LogP contribution >= 0.6 is 11.3 Å². The van der Waals surface area contributed by atoms with Crippen LogP contribution in [0.5, 0.6) is 5.88 Å². The van der Waals surface area contributed by atoms with Crippen LogP contribution in [0.15, 0.2) is 55.0 Å². The summed E-state index contributed by atoms with van der Waals surface area (Å²) in [6.45, 7) is 1.61. The van der Waals surface area contributed by atoms with E-state index in [4.69, 9.17) is 10.5 Å². The van der Waals surface area contributed by atoms with Crippen LogP contribution in [0.3, 0.4) is 0 Å². The van der Waals surface area contributed by atoms with Crippen molar-refractivity contribution in [2.45, 2.75) is 12.5 Å². The number of thiazole rings is 1. The number of nitrogens with two attached hydrogens (primary N) is 1. The average molecular weight is 417 g/mol. The second-order valence-electron chi connectivity index (χ2n) is 7.18. The summed E-state index contributed by atoms with van der Waals surface area (Å²) in [6.07, 6.45) is 5.51. The van der Waals surface area contributed by atoms with Crippen molar-refractivity contribution in [2.75, 3.05) is 18.8 Å². The molecule has 1 saturated heterocycles. The molecule has 150 valence electrons. The lowest BCUT2D eigenvalue weighted by Gasteiger charge is -2.27. The van der Waals surface area contributed by atoms with E-state index in [9.17, 15) is 4.79 Å². The normalized spacial score (nSPS) is 13.9. The minimum absolute atomic E-state index is 0.0211. The van der Waals surface area contributed by atoms with Crippen molar-refractivity contribution in [1.82, 2.24) is 20.3 Å².